The van der Waals surface area contributed by atoms with Gasteiger partial charge in [0.05, 0.1) is 12.9 Å². The molecule has 0 fully saturated rings. The number of carbonyl (C=O) groups is 2. The van der Waals surface area contributed by atoms with E-state index in [0.717, 1.165) is 12.8 Å². The summed E-state index contributed by atoms with van der Waals surface area (Å²) in [6.45, 7) is 2.57. The number of carbonyl (C=O) groups excluding carboxylic acids is 2. The van der Waals surface area contributed by atoms with Gasteiger partial charge in [-0.2, -0.15) is 0 Å². The van der Waals surface area contributed by atoms with Gasteiger partial charge in [-0.15, -0.1) is 0 Å². The van der Waals surface area contributed by atoms with Crippen LogP contribution in [0.4, 0.5) is 0 Å². The van der Waals surface area contributed by atoms with Crippen molar-refractivity contribution in [3.63, 3.8) is 0 Å². The fourth-order valence-corrected chi connectivity index (χ4v) is 2.14. The molecule has 124 valence electrons. The van der Waals surface area contributed by atoms with Gasteiger partial charge in [-0.1, -0.05) is 45.4 Å². The normalized spacial score (nSPS) is 10.5. The molecule has 0 radical (unpaired) electrons. The van der Waals surface area contributed by atoms with Gasteiger partial charge >= 0.3 is 5.97 Å². The Balaban J connectivity index is 2.07. The molecule has 1 aromatic rings. The summed E-state index contributed by atoms with van der Waals surface area (Å²) in [4.78, 5) is 24.8. The van der Waals surface area contributed by atoms with Crippen molar-refractivity contribution in [2.75, 3.05) is 20.2 Å². The van der Waals surface area contributed by atoms with Crippen LogP contribution in [0.25, 0.3) is 0 Å². The molecule has 0 saturated carbocycles. The molecule has 0 aliphatic carbocycles. The maximum absolute atomic E-state index is 11.9. The van der Waals surface area contributed by atoms with Crippen molar-refractivity contribution in [2.45, 2.75) is 51.9 Å². The molecule has 0 N–H and O–H groups in total. The van der Waals surface area contributed by atoms with Crippen molar-refractivity contribution in [3.8, 4) is 0 Å². The minimum atomic E-state index is -0.381. The summed E-state index contributed by atoms with van der Waals surface area (Å²) in [6, 6.07) is 3.21. The van der Waals surface area contributed by atoms with E-state index in [4.69, 9.17) is 9.15 Å². The molecule has 0 saturated heterocycles. The van der Waals surface area contributed by atoms with Crippen LogP contribution in [0.15, 0.2) is 22.8 Å². The van der Waals surface area contributed by atoms with E-state index in [2.05, 4.69) is 6.92 Å². The van der Waals surface area contributed by atoms with Gasteiger partial charge < -0.3 is 14.1 Å². The first-order valence-corrected chi connectivity index (χ1v) is 8.09. The maximum Gasteiger partial charge on any atom is 0.325 e. The fourth-order valence-electron chi connectivity index (χ4n) is 2.14. The summed E-state index contributed by atoms with van der Waals surface area (Å²) in [5.74, 6) is -0.478. The second-order valence-electron chi connectivity index (χ2n) is 5.48. The van der Waals surface area contributed by atoms with E-state index in [0.29, 0.717) is 6.61 Å². The Morgan fingerprint density at radius 3 is 2.45 bits per heavy atom. The van der Waals surface area contributed by atoms with Crippen LogP contribution in [-0.4, -0.2) is 37.0 Å². The molecule has 5 heteroatoms. The van der Waals surface area contributed by atoms with E-state index in [-0.39, 0.29) is 24.2 Å². The van der Waals surface area contributed by atoms with Crippen molar-refractivity contribution < 1.29 is 18.7 Å². The van der Waals surface area contributed by atoms with Gasteiger partial charge in [0, 0.05) is 7.05 Å². The lowest BCUT2D eigenvalue weighted by Crippen LogP contribution is -2.32. The Bertz CT molecular complexity index is 428. The van der Waals surface area contributed by atoms with Crippen LogP contribution in [0.3, 0.4) is 0 Å². The lowest BCUT2D eigenvalue weighted by molar-refractivity contribution is -0.144. The number of esters is 1. The van der Waals surface area contributed by atoms with Crippen molar-refractivity contribution in [3.05, 3.63) is 24.2 Å². The average Bonchev–Trinajstić information content (AvgIpc) is 3.03. The van der Waals surface area contributed by atoms with Crippen LogP contribution in [-0.2, 0) is 9.53 Å². The van der Waals surface area contributed by atoms with E-state index in [1.807, 2.05) is 0 Å². The van der Waals surface area contributed by atoms with E-state index >= 15 is 0 Å². The van der Waals surface area contributed by atoms with E-state index in [9.17, 15) is 9.59 Å². The fraction of sp³-hybridized carbons (Fsp3) is 0.647. The van der Waals surface area contributed by atoms with Crippen LogP contribution in [0.5, 0.6) is 0 Å². The molecule has 1 aromatic heterocycles. The Morgan fingerprint density at radius 1 is 1.14 bits per heavy atom. The Hall–Kier alpha value is -1.78. The third-order valence-corrected chi connectivity index (χ3v) is 3.46. The molecule has 5 nitrogen and oxygen atoms in total. The summed E-state index contributed by atoms with van der Waals surface area (Å²) in [6.07, 6.45) is 9.67. The van der Waals surface area contributed by atoms with Crippen molar-refractivity contribution in [1.82, 2.24) is 4.90 Å². The van der Waals surface area contributed by atoms with E-state index < -0.39 is 0 Å². The summed E-state index contributed by atoms with van der Waals surface area (Å²) >= 11 is 0. The molecule has 1 heterocycles. The predicted molar refractivity (Wildman–Crippen MR) is 84.6 cm³/mol. The van der Waals surface area contributed by atoms with Crippen LogP contribution >= 0.6 is 0 Å². The summed E-state index contributed by atoms with van der Waals surface area (Å²) in [7, 11) is 1.56. The topological polar surface area (TPSA) is 59.8 Å². The van der Waals surface area contributed by atoms with Gasteiger partial charge in [0.15, 0.2) is 5.76 Å². The second-order valence-corrected chi connectivity index (χ2v) is 5.48. The van der Waals surface area contributed by atoms with Crippen molar-refractivity contribution in [2.24, 2.45) is 0 Å². The zero-order chi connectivity index (χ0) is 16.2. The smallest absolute Gasteiger partial charge is 0.325 e. The quantitative estimate of drug-likeness (QED) is 0.462. The van der Waals surface area contributed by atoms with Gasteiger partial charge in [0.25, 0.3) is 5.91 Å². The lowest BCUT2D eigenvalue weighted by Gasteiger charge is -2.14. The molecular formula is C17H27NO4. The van der Waals surface area contributed by atoms with Gasteiger partial charge in [-0.25, -0.2) is 0 Å². The first-order valence-electron chi connectivity index (χ1n) is 8.09. The number of likely N-dealkylation sites (N-methyl/N-ethyl adjacent to an activating group) is 1. The number of unbranched alkanes of at least 4 members (excludes halogenated alkanes) is 6. The third-order valence-electron chi connectivity index (χ3n) is 3.46. The molecule has 0 spiro atoms. The number of hydrogen-bond donors (Lipinski definition) is 0. The summed E-state index contributed by atoms with van der Waals surface area (Å²) in [5.41, 5.74) is 0. The van der Waals surface area contributed by atoms with Gasteiger partial charge in [0.1, 0.15) is 6.54 Å². The van der Waals surface area contributed by atoms with Gasteiger partial charge in [-0.05, 0) is 18.6 Å². The van der Waals surface area contributed by atoms with Crippen molar-refractivity contribution >= 4 is 11.9 Å². The zero-order valence-electron chi connectivity index (χ0n) is 13.7. The number of furan rings is 1. The average molecular weight is 309 g/mol. The molecule has 0 aliphatic heterocycles. The molecule has 22 heavy (non-hydrogen) atoms. The zero-order valence-corrected chi connectivity index (χ0v) is 13.7. The number of amides is 1. The van der Waals surface area contributed by atoms with Crippen LogP contribution in [0.1, 0.15) is 62.4 Å². The van der Waals surface area contributed by atoms with Crippen molar-refractivity contribution in [1.29, 1.82) is 0 Å². The number of nitrogens with zero attached hydrogens (tertiary/aromatic N) is 1. The van der Waals surface area contributed by atoms with Crippen LogP contribution in [0.2, 0.25) is 0 Å². The lowest BCUT2D eigenvalue weighted by atomic mass is 10.1. The Kier molecular flexibility index (Phi) is 9.03. The third kappa shape index (κ3) is 7.29. The first-order chi connectivity index (χ1) is 10.6. The van der Waals surface area contributed by atoms with E-state index in [1.165, 1.54) is 43.3 Å². The highest BCUT2D eigenvalue weighted by Crippen LogP contribution is 2.07. The minimum Gasteiger partial charge on any atom is -0.464 e. The molecule has 0 atom stereocenters. The van der Waals surface area contributed by atoms with E-state index in [1.54, 1.807) is 19.2 Å². The highest BCUT2D eigenvalue weighted by molar-refractivity contribution is 5.93. The minimum absolute atomic E-state index is 0.0595. The highest BCUT2D eigenvalue weighted by atomic mass is 16.5. The molecule has 1 amide bonds. The molecule has 0 aromatic carbocycles. The van der Waals surface area contributed by atoms with Crippen LogP contribution in [0, 0.1) is 0 Å². The molecule has 0 unspecified atom stereocenters. The highest BCUT2D eigenvalue weighted by Gasteiger charge is 2.17. The number of rotatable bonds is 11. The number of hydrogen-bond acceptors (Lipinski definition) is 4. The van der Waals surface area contributed by atoms with Gasteiger partial charge in [-0.3, -0.25) is 9.59 Å². The monoisotopic (exact) mass is 309 g/mol. The molecule has 0 bridgehead atoms. The summed E-state index contributed by atoms with van der Waals surface area (Å²) in [5, 5.41) is 0. The SMILES string of the molecule is CCCCCCCCCOC(=O)CN(C)C(=O)c1ccco1. The largest absolute Gasteiger partial charge is 0.464 e. The molecule has 0 aliphatic rings. The van der Waals surface area contributed by atoms with Gasteiger partial charge in [0.2, 0.25) is 0 Å². The van der Waals surface area contributed by atoms with Crippen LogP contribution < -0.4 is 0 Å². The summed E-state index contributed by atoms with van der Waals surface area (Å²) < 4.78 is 10.2. The number of ether oxygens (including phenoxy) is 1. The standard InChI is InChI=1S/C17H27NO4/c1-3-4-5-6-7-8-9-12-22-16(19)14-18(2)17(20)15-11-10-13-21-15/h10-11,13H,3-9,12,14H2,1-2H3. The molecular weight excluding hydrogens is 282 g/mol. The molecule has 1 rings (SSSR count). The maximum atomic E-state index is 11.9. The Morgan fingerprint density at radius 2 is 1.82 bits per heavy atom. The second kappa shape index (κ2) is 10.9. The first kappa shape index (κ1) is 18.3. The Labute approximate surface area is 132 Å². The predicted octanol–water partition coefficient (Wildman–Crippen LogP) is 3.65.